The van der Waals surface area contributed by atoms with Crippen LogP contribution in [0.4, 0.5) is 23.0 Å². The number of anilines is 3. The van der Waals surface area contributed by atoms with Gasteiger partial charge in [-0.2, -0.15) is 0 Å². The molecule has 1 aromatic carbocycles. The van der Waals surface area contributed by atoms with E-state index < -0.39 is 16.8 Å². The lowest BCUT2D eigenvalue weighted by molar-refractivity contribution is -0.383. The van der Waals surface area contributed by atoms with Crippen molar-refractivity contribution >= 4 is 29.0 Å². The SMILES string of the molecule is Cc1ccc(C)c(Nc2ncnc(N3CCC(C(=O)O)CC3)c2[N+](=O)[O-])c1. The number of carboxylic acids is 1. The van der Waals surface area contributed by atoms with Crippen LogP contribution in [-0.4, -0.2) is 39.1 Å². The molecule has 1 aliphatic heterocycles. The number of nitrogens with zero attached hydrogens (tertiary/aromatic N) is 4. The van der Waals surface area contributed by atoms with E-state index in [0.29, 0.717) is 25.9 Å². The Kier molecular flexibility index (Phi) is 5.20. The Hall–Kier alpha value is -3.23. The van der Waals surface area contributed by atoms with Gasteiger partial charge in [0.1, 0.15) is 6.33 Å². The van der Waals surface area contributed by atoms with E-state index in [9.17, 15) is 14.9 Å². The van der Waals surface area contributed by atoms with E-state index in [-0.39, 0.29) is 17.3 Å². The van der Waals surface area contributed by atoms with Crippen molar-refractivity contribution in [2.45, 2.75) is 26.7 Å². The lowest BCUT2D eigenvalue weighted by Gasteiger charge is -2.30. The molecular weight excluding hydrogens is 350 g/mol. The Morgan fingerprint density at radius 3 is 2.63 bits per heavy atom. The molecule has 0 atom stereocenters. The summed E-state index contributed by atoms with van der Waals surface area (Å²) in [6, 6.07) is 5.80. The zero-order valence-corrected chi connectivity index (χ0v) is 15.2. The van der Waals surface area contributed by atoms with Crippen LogP contribution >= 0.6 is 0 Å². The van der Waals surface area contributed by atoms with E-state index in [4.69, 9.17) is 5.11 Å². The molecule has 0 radical (unpaired) electrons. The smallest absolute Gasteiger partial charge is 0.353 e. The number of aliphatic carboxylic acids is 1. The van der Waals surface area contributed by atoms with E-state index in [1.807, 2.05) is 32.0 Å². The summed E-state index contributed by atoms with van der Waals surface area (Å²) in [5.41, 5.74) is 2.51. The lowest BCUT2D eigenvalue weighted by Crippen LogP contribution is -2.37. The molecular formula is C18H21N5O4. The summed E-state index contributed by atoms with van der Waals surface area (Å²) >= 11 is 0. The van der Waals surface area contributed by atoms with Crippen molar-refractivity contribution in [3.05, 3.63) is 45.8 Å². The number of piperidine rings is 1. The van der Waals surface area contributed by atoms with Gasteiger partial charge in [0.15, 0.2) is 0 Å². The minimum absolute atomic E-state index is 0.124. The van der Waals surface area contributed by atoms with Crippen molar-refractivity contribution in [2.75, 3.05) is 23.3 Å². The van der Waals surface area contributed by atoms with Gasteiger partial charge in [-0.05, 0) is 43.9 Å². The van der Waals surface area contributed by atoms with Crippen LogP contribution in [0.25, 0.3) is 0 Å². The maximum Gasteiger partial charge on any atom is 0.353 e. The number of aryl methyl sites for hydroxylation is 2. The molecule has 3 rings (SSSR count). The number of nitro groups is 1. The monoisotopic (exact) mass is 371 g/mol. The predicted octanol–water partition coefficient (Wildman–Crippen LogP) is 3.05. The molecule has 0 amide bonds. The molecule has 27 heavy (non-hydrogen) atoms. The highest BCUT2D eigenvalue weighted by Crippen LogP contribution is 2.36. The topological polar surface area (TPSA) is 121 Å². The van der Waals surface area contributed by atoms with Crippen molar-refractivity contribution in [1.29, 1.82) is 0 Å². The predicted molar refractivity (Wildman–Crippen MR) is 100 cm³/mol. The van der Waals surface area contributed by atoms with Crippen LogP contribution in [0.3, 0.4) is 0 Å². The molecule has 0 bridgehead atoms. The fraction of sp³-hybridized carbons (Fsp3) is 0.389. The minimum atomic E-state index is -0.830. The van der Waals surface area contributed by atoms with Gasteiger partial charge in [-0.15, -0.1) is 0 Å². The first kappa shape index (κ1) is 18.6. The average molecular weight is 371 g/mol. The average Bonchev–Trinajstić information content (AvgIpc) is 2.64. The Balaban J connectivity index is 1.93. The molecule has 1 aliphatic rings. The largest absolute Gasteiger partial charge is 0.481 e. The molecule has 2 heterocycles. The van der Waals surface area contributed by atoms with Crippen LogP contribution in [0, 0.1) is 29.9 Å². The van der Waals surface area contributed by atoms with Gasteiger partial charge < -0.3 is 15.3 Å². The molecule has 1 saturated heterocycles. The third-order valence-corrected chi connectivity index (χ3v) is 4.78. The van der Waals surface area contributed by atoms with E-state index in [1.165, 1.54) is 6.33 Å². The van der Waals surface area contributed by atoms with E-state index >= 15 is 0 Å². The molecule has 9 nitrogen and oxygen atoms in total. The van der Waals surface area contributed by atoms with Crippen molar-refractivity contribution in [2.24, 2.45) is 5.92 Å². The molecule has 0 saturated carbocycles. The second kappa shape index (κ2) is 7.56. The number of aromatic nitrogens is 2. The highest BCUT2D eigenvalue weighted by molar-refractivity contribution is 5.76. The number of rotatable bonds is 5. The van der Waals surface area contributed by atoms with Crippen LogP contribution in [-0.2, 0) is 4.79 Å². The quantitative estimate of drug-likeness (QED) is 0.607. The zero-order valence-electron chi connectivity index (χ0n) is 15.2. The van der Waals surface area contributed by atoms with Crippen LogP contribution in [0.2, 0.25) is 0 Å². The van der Waals surface area contributed by atoms with Gasteiger partial charge in [0.05, 0.1) is 10.8 Å². The number of nitrogens with one attached hydrogen (secondary N) is 1. The second-order valence-electron chi connectivity index (χ2n) is 6.69. The van der Waals surface area contributed by atoms with Crippen LogP contribution in [0.5, 0.6) is 0 Å². The van der Waals surface area contributed by atoms with Gasteiger partial charge in [-0.3, -0.25) is 14.9 Å². The first-order valence-corrected chi connectivity index (χ1v) is 8.68. The van der Waals surface area contributed by atoms with Gasteiger partial charge in [-0.25, -0.2) is 9.97 Å². The fourth-order valence-corrected chi connectivity index (χ4v) is 3.20. The van der Waals surface area contributed by atoms with E-state index in [1.54, 1.807) is 4.90 Å². The second-order valence-corrected chi connectivity index (χ2v) is 6.69. The standard InChI is InChI=1S/C18H21N5O4/c1-11-3-4-12(2)14(9-11)21-16-15(23(26)27)17(20-10-19-16)22-7-5-13(6-8-22)18(24)25/h3-4,9-10,13H,5-8H2,1-2H3,(H,24,25)(H,19,20,21). The number of carboxylic acid groups (broad SMARTS) is 1. The molecule has 0 aliphatic carbocycles. The number of hydrogen-bond donors (Lipinski definition) is 2. The van der Waals surface area contributed by atoms with Crippen molar-refractivity contribution in [3.63, 3.8) is 0 Å². The molecule has 142 valence electrons. The normalized spacial score (nSPS) is 14.8. The van der Waals surface area contributed by atoms with E-state index in [2.05, 4.69) is 15.3 Å². The summed E-state index contributed by atoms with van der Waals surface area (Å²) in [5, 5.41) is 24.0. The molecule has 2 N–H and O–H groups in total. The summed E-state index contributed by atoms with van der Waals surface area (Å²) in [5.74, 6) is -0.912. The van der Waals surface area contributed by atoms with Crippen LogP contribution in [0.15, 0.2) is 24.5 Å². The van der Waals surface area contributed by atoms with Crippen molar-refractivity contribution in [1.82, 2.24) is 9.97 Å². The molecule has 0 spiro atoms. The van der Waals surface area contributed by atoms with Gasteiger partial charge >= 0.3 is 11.7 Å². The maximum atomic E-state index is 11.8. The summed E-state index contributed by atoms with van der Waals surface area (Å²) in [6.07, 6.45) is 2.14. The third kappa shape index (κ3) is 3.97. The highest BCUT2D eigenvalue weighted by Gasteiger charge is 2.31. The summed E-state index contributed by atoms with van der Waals surface area (Å²) in [7, 11) is 0. The minimum Gasteiger partial charge on any atom is -0.481 e. The molecule has 9 heteroatoms. The zero-order chi connectivity index (χ0) is 19.6. The van der Waals surface area contributed by atoms with Gasteiger partial charge in [-0.1, -0.05) is 12.1 Å². The summed E-state index contributed by atoms with van der Waals surface area (Å²) in [6.45, 7) is 4.65. The number of hydrogen-bond acceptors (Lipinski definition) is 7. The van der Waals surface area contributed by atoms with Crippen molar-refractivity contribution in [3.8, 4) is 0 Å². The number of carbonyl (C=O) groups is 1. The Labute approximate surface area is 156 Å². The van der Waals surface area contributed by atoms with Gasteiger partial charge in [0.25, 0.3) is 0 Å². The van der Waals surface area contributed by atoms with Crippen LogP contribution < -0.4 is 10.2 Å². The Morgan fingerprint density at radius 1 is 1.30 bits per heavy atom. The molecule has 1 fully saturated rings. The lowest BCUT2D eigenvalue weighted by atomic mass is 9.97. The maximum absolute atomic E-state index is 11.8. The third-order valence-electron chi connectivity index (χ3n) is 4.78. The fourth-order valence-electron chi connectivity index (χ4n) is 3.20. The van der Waals surface area contributed by atoms with Crippen molar-refractivity contribution < 1.29 is 14.8 Å². The molecule has 2 aromatic rings. The number of benzene rings is 1. The first-order chi connectivity index (χ1) is 12.9. The van der Waals surface area contributed by atoms with Gasteiger partial charge in [0, 0.05) is 18.8 Å². The van der Waals surface area contributed by atoms with E-state index in [0.717, 1.165) is 16.8 Å². The molecule has 0 unspecified atom stereocenters. The highest BCUT2D eigenvalue weighted by atomic mass is 16.6. The Bertz CT molecular complexity index is 878. The first-order valence-electron chi connectivity index (χ1n) is 8.68. The summed E-state index contributed by atoms with van der Waals surface area (Å²) < 4.78 is 0. The van der Waals surface area contributed by atoms with Crippen LogP contribution in [0.1, 0.15) is 24.0 Å². The van der Waals surface area contributed by atoms with Gasteiger partial charge in [0.2, 0.25) is 11.6 Å². The molecule has 1 aromatic heterocycles. The summed E-state index contributed by atoms with van der Waals surface area (Å²) in [4.78, 5) is 32.4. The Morgan fingerprint density at radius 2 is 2.00 bits per heavy atom.